The molecule has 2 heterocycles. The molecule has 2 rings (SSSR count). The number of nitrogens with zero attached hydrogens (tertiary/aromatic N) is 4. The highest BCUT2D eigenvalue weighted by molar-refractivity contribution is 5.87. The zero-order valence-corrected chi connectivity index (χ0v) is 12.5. The summed E-state index contributed by atoms with van der Waals surface area (Å²) in [6.45, 7) is 10.4. The predicted molar refractivity (Wildman–Crippen MR) is 79.8 cm³/mol. The molecule has 0 atom stereocenters. The number of rotatable bonds is 8. The van der Waals surface area contributed by atoms with E-state index in [0.29, 0.717) is 5.71 Å². The molecular weight excluding hydrogens is 254 g/mol. The van der Waals surface area contributed by atoms with Crippen LogP contribution in [0.5, 0.6) is 0 Å². The zero-order chi connectivity index (χ0) is 14.4. The molecule has 6 heteroatoms. The van der Waals surface area contributed by atoms with E-state index in [2.05, 4.69) is 39.2 Å². The van der Waals surface area contributed by atoms with Crippen molar-refractivity contribution in [2.45, 2.75) is 33.6 Å². The molecule has 0 aliphatic carbocycles. The molecule has 2 aromatic rings. The third-order valence-electron chi connectivity index (χ3n) is 3.44. The van der Waals surface area contributed by atoms with Crippen molar-refractivity contribution in [3.8, 4) is 0 Å². The van der Waals surface area contributed by atoms with Gasteiger partial charge in [0.1, 0.15) is 17.5 Å². The van der Waals surface area contributed by atoms with E-state index in [9.17, 15) is 0 Å². The third kappa shape index (κ3) is 3.45. The normalized spacial score (nSPS) is 11.4. The highest BCUT2D eigenvalue weighted by Crippen LogP contribution is 2.21. The van der Waals surface area contributed by atoms with Crippen molar-refractivity contribution < 1.29 is 4.52 Å². The van der Waals surface area contributed by atoms with Crippen LogP contribution >= 0.6 is 0 Å². The number of fused-ring (bicyclic) bond motifs is 1. The minimum Gasteiger partial charge on any atom is -0.368 e. The van der Waals surface area contributed by atoms with Crippen molar-refractivity contribution in [3.63, 3.8) is 0 Å². The predicted octanol–water partition coefficient (Wildman–Crippen LogP) is 2.46. The second-order valence-corrected chi connectivity index (χ2v) is 4.89. The lowest BCUT2D eigenvalue weighted by molar-refractivity contribution is 0.294. The molecule has 0 unspecified atom stereocenters. The van der Waals surface area contributed by atoms with Crippen LogP contribution < -0.4 is 5.32 Å². The van der Waals surface area contributed by atoms with E-state index in [1.165, 1.54) is 19.2 Å². The lowest BCUT2D eigenvalue weighted by Crippen LogP contribution is -2.30. The highest BCUT2D eigenvalue weighted by atomic mass is 16.5. The Morgan fingerprint density at radius 3 is 2.85 bits per heavy atom. The maximum atomic E-state index is 5.14. The molecule has 0 spiro atoms. The summed E-state index contributed by atoms with van der Waals surface area (Å²) >= 11 is 0. The largest absolute Gasteiger partial charge is 0.368 e. The molecular formula is C14H23N5O. The van der Waals surface area contributed by atoms with E-state index in [1.807, 2.05) is 6.92 Å². The molecule has 0 saturated heterocycles. The van der Waals surface area contributed by atoms with Gasteiger partial charge in [-0.15, -0.1) is 0 Å². The molecule has 0 saturated carbocycles. The summed E-state index contributed by atoms with van der Waals surface area (Å²) in [4.78, 5) is 10.8. The van der Waals surface area contributed by atoms with Crippen LogP contribution in [-0.2, 0) is 0 Å². The van der Waals surface area contributed by atoms with Crippen LogP contribution in [-0.4, -0.2) is 46.2 Å². The third-order valence-corrected chi connectivity index (χ3v) is 3.44. The molecule has 0 fully saturated rings. The summed E-state index contributed by atoms with van der Waals surface area (Å²) in [6.07, 6.45) is 3.98. The maximum Gasteiger partial charge on any atom is 0.263 e. The Balaban J connectivity index is 1.94. The molecule has 0 aromatic carbocycles. The zero-order valence-electron chi connectivity index (χ0n) is 12.5. The summed E-state index contributed by atoms with van der Waals surface area (Å²) in [7, 11) is 0. The summed E-state index contributed by atoms with van der Waals surface area (Å²) < 4.78 is 5.14. The van der Waals surface area contributed by atoms with Crippen molar-refractivity contribution in [2.24, 2.45) is 0 Å². The topological polar surface area (TPSA) is 67.1 Å². The first-order valence-corrected chi connectivity index (χ1v) is 7.29. The van der Waals surface area contributed by atoms with Gasteiger partial charge >= 0.3 is 0 Å². The van der Waals surface area contributed by atoms with Gasteiger partial charge in [0.2, 0.25) is 0 Å². The van der Waals surface area contributed by atoms with Gasteiger partial charge in [-0.05, 0) is 26.4 Å². The SMILES string of the molecule is CCCCN(CC)CCNc1ncnc2onc(C)c12. The standard InChI is InChI=1S/C14H23N5O/c1-4-6-8-19(5-2)9-7-15-13-12-11(3)18-20-14(12)17-10-16-13/h10H,4-9H2,1-3H3,(H,15,16,17). The van der Waals surface area contributed by atoms with Gasteiger partial charge in [-0.2, -0.15) is 4.98 Å². The Morgan fingerprint density at radius 1 is 1.25 bits per heavy atom. The number of nitrogens with one attached hydrogen (secondary N) is 1. The Labute approximate surface area is 119 Å². The number of unbranched alkanes of at least 4 members (excludes halogenated alkanes) is 1. The van der Waals surface area contributed by atoms with Gasteiger partial charge in [0.15, 0.2) is 0 Å². The van der Waals surface area contributed by atoms with Crippen molar-refractivity contribution in [1.29, 1.82) is 0 Å². The Bertz CT molecular complexity index is 539. The first kappa shape index (κ1) is 14.7. The first-order chi connectivity index (χ1) is 9.76. The molecule has 0 aliphatic heterocycles. The highest BCUT2D eigenvalue weighted by Gasteiger charge is 2.11. The fraction of sp³-hybridized carbons (Fsp3) is 0.643. The average Bonchev–Trinajstić information content (AvgIpc) is 2.85. The molecule has 6 nitrogen and oxygen atoms in total. The second kappa shape index (κ2) is 7.19. The number of likely N-dealkylation sites (N-methyl/N-ethyl adjacent to an activating group) is 1. The Morgan fingerprint density at radius 2 is 2.10 bits per heavy atom. The fourth-order valence-corrected chi connectivity index (χ4v) is 2.20. The van der Waals surface area contributed by atoms with Crippen LogP contribution in [0.4, 0.5) is 5.82 Å². The van der Waals surface area contributed by atoms with Gasteiger partial charge in [-0.25, -0.2) is 4.98 Å². The van der Waals surface area contributed by atoms with Gasteiger partial charge in [0, 0.05) is 13.1 Å². The Kier molecular flexibility index (Phi) is 5.29. The molecule has 0 aliphatic rings. The van der Waals surface area contributed by atoms with Crippen LogP contribution in [0.1, 0.15) is 32.4 Å². The summed E-state index contributed by atoms with van der Waals surface area (Å²) in [5, 5.41) is 8.17. The summed E-state index contributed by atoms with van der Waals surface area (Å²) in [5.74, 6) is 0.806. The molecule has 0 amide bonds. The number of hydrogen-bond donors (Lipinski definition) is 1. The van der Waals surface area contributed by atoms with E-state index in [4.69, 9.17) is 4.52 Å². The fourth-order valence-electron chi connectivity index (χ4n) is 2.20. The minimum absolute atomic E-state index is 0.540. The monoisotopic (exact) mass is 277 g/mol. The van der Waals surface area contributed by atoms with E-state index < -0.39 is 0 Å². The molecule has 0 radical (unpaired) electrons. The number of aromatic nitrogens is 3. The molecule has 110 valence electrons. The molecule has 2 aromatic heterocycles. The molecule has 0 bridgehead atoms. The minimum atomic E-state index is 0.540. The van der Waals surface area contributed by atoms with Crippen LogP contribution in [0, 0.1) is 6.92 Å². The summed E-state index contributed by atoms with van der Waals surface area (Å²) in [5.41, 5.74) is 1.36. The van der Waals surface area contributed by atoms with Crippen molar-refractivity contribution in [1.82, 2.24) is 20.0 Å². The van der Waals surface area contributed by atoms with Crippen LogP contribution in [0.3, 0.4) is 0 Å². The van der Waals surface area contributed by atoms with Gasteiger partial charge in [-0.1, -0.05) is 25.4 Å². The van der Waals surface area contributed by atoms with E-state index in [-0.39, 0.29) is 0 Å². The quantitative estimate of drug-likeness (QED) is 0.799. The Hall–Kier alpha value is -1.69. The molecule has 20 heavy (non-hydrogen) atoms. The van der Waals surface area contributed by atoms with Crippen molar-refractivity contribution in [3.05, 3.63) is 12.0 Å². The molecule has 1 N–H and O–H groups in total. The maximum absolute atomic E-state index is 5.14. The van der Waals surface area contributed by atoms with Gasteiger partial charge < -0.3 is 14.7 Å². The first-order valence-electron chi connectivity index (χ1n) is 7.29. The van der Waals surface area contributed by atoms with E-state index in [1.54, 1.807) is 0 Å². The van der Waals surface area contributed by atoms with Gasteiger partial charge in [-0.3, -0.25) is 0 Å². The number of hydrogen-bond acceptors (Lipinski definition) is 6. The van der Waals surface area contributed by atoms with Crippen LogP contribution in [0.25, 0.3) is 11.1 Å². The van der Waals surface area contributed by atoms with Crippen molar-refractivity contribution in [2.75, 3.05) is 31.5 Å². The lowest BCUT2D eigenvalue weighted by atomic mass is 10.3. The van der Waals surface area contributed by atoms with E-state index in [0.717, 1.165) is 43.1 Å². The smallest absolute Gasteiger partial charge is 0.263 e. The lowest BCUT2D eigenvalue weighted by Gasteiger charge is -2.20. The number of aryl methyl sites for hydroxylation is 1. The van der Waals surface area contributed by atoms with Crippen LogP contribution in [0.15, 0.2) is 10.9 Å². The van der Waals surface area contributed by atoms with Crippen molar-refractivity contribution >= 4 is 16.9 Å². The van der Waals surface area contributed by atoms with Gasteiger partial charge in [0.05, 0.1) is 5.69 Å². The average molecular weight is 277 g/mol. The summed E-state index contributed by atoms with van der Waals surface area (Å²) in [6, 6.07) is 0. The van der Waals surface area contributed by atoms with Crippen LogP contribution in [0.2, 0.25) is 0 Å². The number of anilines is 1. The second-order valence-electron chi connectivity index (χ2n) is 4.89. The van der Waals surface area contributed by atoms with E-state index >= 15 is 0 Å². The van der Waals surface area contributed by atoms with Gasteiger partial charge in [0.25, 0.3) is 5.71 Å².